The summed E-state index contributed by atoms with van der Waals surface area (Å²) in [6, 6.07) is 6.02. The van der Waals surface area contributed by atoms with Crippen LogP contribution in [0.1, 0.15) is 11.3 Å². The predicted octanol–water partition coefficient (Wildman–Crippen LogP) is 1.12. The van der Waals surface area contributed by atoms with E-state index in [1.54, 1.807) is 12.1 Å². The molecular formula is C12H10N6O2. The van der Waals surface area contributed by atoms with Crippen molar-refractivity contribution >= 4 is 17.7 Å². The summed E-state index contributed by atoms with van der Waals surface area (Å²) >= 11 is 0. The maximum Gasteiger partial charge on any atom is 0.270 e. The fourth-order valence-corrected chi connectivity index (χ4v) is 1.36. The number of non-ortho nitro benzene ring substituents is 1. The fraction of sp³-hybridized carbons (Fsp3) is 0. The van der Waals surface area contributed by atoms with Gasteiger partial charge < -0.3 is 5.73 Å². The average Bonchev–Trinajstić information content (AvgIpc) is 2.48. The van der Waals surface area contributed by atoms with Crippen LogP contribution in [-0.4, -0.2) is 26.9 Å². The summed E-state index contributed by atoms with van der Waals surface area (Å²) in [5.41, 5.74) is 6.61. The third-order valence-corrected chi connectivity index (χ3v) is 2.28. The number of hydrogen-bond donors (Lipinski definition) is 1. The van der Waals surface area contributed by atoms with E-state index in [0.717, 1.165) is 0 Å². The maximum atomic E-state index is 10.6. The molecule has 100 valence electrons. The molecule has 0 aliphatic rings. The van der Waals surface area contributed by atoms with Crippen molar-refractivity contribution in [3.05, 3.63) is 64.2 Å². The lowest BCUT2D eigenvalue weighted by molar-refractivity contribution is -0.384. The quantitative estimate of drug-likeness (QED) is 0.386. The van der Waals surface area contributed by atoms with Gasteiger partial charge in [-0.25, -0.2) is 4.98 Å². The lowest BCUT2D eigenvalue weighted by atomic mass is 10.2. The first-order valence-electron chi connectivity index (χ1n) is 5.54. The Morgan fingerprint density at radius 1 is 1.40 bits per heavy atom. The standard InChI is InChI=1S/C12H10N6O2/c13-12(11-8-14-4-5-15-11)17-16-7-9-2-1-3-10(6-9)18(19)20/h1-8H,(H2,13,17)/b16-7+. The summed E-state index contributed by atoms with van der Waals surface area (Å²) in [6.07, 6.45) is 5.84. The van der Waals surface area contributed by atoms with Gasteiger partial charge in [0.1, 0.15) is 5.69 Å². The summed E-state index contributed by atoms with van der Waals surface area (Å²) in [4.78, 5) is 18.0. The van der Waals surface area contributed by atoms with Gasteiger partial charge in [-0.05, 0) is 0 Å². The summed E-state index contributed by atoms with van der Waals surface area (Å²) in [6.45, 7) is 0. The molecule has 2 N–H and O–H groups in total. The van der Waals surface area contributed by atoms with Crippen molar-refractivity contribution in [2.75, 3.05) is 0 Å². The van der Waals surface area contributed by atoms with Gasteiger partial charge in [-0.2, -0.15) is 5.10 Å². The predicted molar refractivity (Wildman–Crippen MR) is 73.4 cm³/mol. The first-order valence-corrected chi connectivity index (χ1v) is 5.54. The van der Waals surface area contributed by atoms with Crippen LogP contribution in [0.5, 0.6) is 0 Å². The Balaban J connectivity index is 2.14. The van der Waals surface area contributed by atoms with Crippen LogP contribution in [-0.2, 0) is 0 Å². The number of aromatic nitrogens is 2. The first kappa shape index (κ1) is 13.3. The van der Waals surface area contributed by atoms with Gasteiger partial charge in [-0.15, -0.1) is 5.10 Å². The van der Waals surface area contributed by atoms with Crippen molar-refractivity contribution in [3.63, 3.8) is 0 Å². The molecular weight excluding hydrogens is 260 g/mol. The minimum absolute atomic E-state index is 0.0140. The van der Waals surface area contributed by atoms with Crippen molar-refractivity contribution in [1.82, 2.24) is 9.97 Å². The number of benzene rings is 1. The van der Waals surface area contributed by atoms with Crippen molar-refractivity contribution in [3.8, 4) is 0 Å². The van der Waals surface area contributed by atoms with Gasteiger partial charge >= 0.3 is 0 Å². The van der Waals surface area contributed by atoms with Crippen LogP contribution in [0.4, 0.5) is 5.69 Å². The second-order valence-electron chi connectivity index (χ2n) is 3.67. The summed E-state index contributed by atoms with van der Waals surface area (Å²) in [7, 11) is 0. The highest BCUT2D eigenvalue weighted by Gasteiger charge is 2.03. The molecule has 2 aromatic rings. The molecule has 1 heterocycles. The topological polar surface area (TPSA) is 120 Å². The molecule has 8 heteroatoms. The zero-order chi connectivity index (χ0) is 14.4. The van der Waals surface area contributed by atoms with E-state index in [4.69, 9.17) is 5.73 Å². The van der Waals surface area contributed by atoms with E-state index in [1.807, 2.05) is 0 Å². The molecule has 0 aliphatic carbocycles. The Bertz CT molecular complexity index is 669. The van der Waals surface area contributed by atoms with Crippen LogP contribution in [0.2, 0.25) is 0 Å². The molecule has 0 radical (unpaired) electrons. The number of nitro benzene ring substituents is 1. The van der Waals surface area contributed by atoms with Crippen LogP contribution < -0.4 is 5.73 Å². The van der Waals surface area contributed by atoms with Gasteiger partial charge in [-0.3, -0.25) is 15.1 Å². The highest BCUT2D eigenvalue weighted by molar-refractivity contribution is 5.95. The Labute approximate surface area is 113 Å². The van der Waals surface area contributed by atoms with E-state index < -0.39 is 4.92 Å². The Morgan fingerprint density at radius 3 is 2.95 bits per heavy atom. The molecule has 20 heavy (non-hydrogen) atoms. The number of nitrogens with zero attached hydrogens (tertiary/aromatic N) is 5. The molecule has 0 amide bonds. The first-order chi connectivity index (χ1) is 9.66. The average molecular weight is 270 g/mol. The normalized spacial score (nSPS) is 11.7. The molecule has 0 bridgehead atoms. The smallest absolute Gasteiger partial charge is 0.270 e. The van der Waals surface area contributed by atoms with Crippen LogP contribution in [0.25, 0.3) is 0 Å². The maximum absolute atomic E-state index is 10.6. The summed E-state index contributed by atoms with van der Waals surface area (Å²) in [5.74, 6) is 0.111. The minimum Gasteiger partial charge on any atom is -0.380 e. The van der Waals surface area contributed by atoms with Crippen LogP contribution in [0.3, 0.4) is 0 Å². The number of nitrogens with two attached hydrogens (primary N) is 1. The van der Waals surface area contributed by atoms with Gasteiger partial charge in [0, 0.05) is 30.1 Å². The van der Waals surface area contributed by atoms with Crippen LogP contribution in [0, 0.1) is 10.1 Å². The Kier molecular flexibility index (Phi) is 4.07. The molecule has 0 atom stereocenters. The minimum atomic E-state index is -0.478. The van der Waals surface area contributed by atoms with E-state index in [0.29, 0.717) is 11.3 Å². The van der Waals surface area contributed by atoms with Crippen molar-refractivity contribution in [1.29, 1.82) is 0 Å². The van der Waals surface area contributed by atoms with E-state index in [9.17, 15) is 10.1 Å². The number of rotatable bonds is 4. The van der Waals surface area contributed by atoms with Gasteiger partial charge in [0.2, 0.25) is 0 Å². The Morgan fingerprint density at radius 2 is 2.25 bits per heavy atom. The second kappa shape index (κ2) is 6.14. The van der Waals surface area contributed by atoms with Gasteiger partial charge in [0.25, 0.3) is 5.69 Å². The van der Waals surface area contributed by atoms with Crippen molar-refractivity contribution in [2.24, 2.45) is 15.9 Å². The molecule has 0 spiro atoms. The van der Waals surface area contributed by atoms with E-state index in [-0.39, 0.29) is 11.5 Å². The van der Waals surface area contributed by atoms with Crippen molar-refractivity contribution < 1.29 is 4.92 Å². The monoisotopic (exact) mass is 270 g/mol. The van der Waals surface area contributed by atoms with Crippen LogP contribution in [0.15, 0.2) is 53.1 Å². The zero-order valence-corrected chi connectivity index (χ0v) is 10.2. The van der Waals surface area contributed by atoms with Gasteiger partial charge in [0.15, 0.2) is 5.84 Å². The molecule has 0 aliphatic heterocycles. The van der Waals surface area contributed by atoms with Gasteiger partial charge in [-0.1, -0.05) is 12.1 Å². The molecule has 8 nitrogen and oxygen atoms in total. The summed E-state index contributed by atoms with van der Waals surface area (Å²) < 4.78 is 0. The van der Waals surface area contributed by atoms with E-state index >= 15 is 0 Å². The van der Waals surface area contributed by atoms with Gasteiger partial charge in [0.05, 0.1) is 17.3 Å². The highest BCUT2D eigenvalue weighted by Crippen LogP contribution is 2.11. The largest absolute Gasteiger partial charge is 0.380 e. The molecule has 1 aromatic heterocycles. The van der Waals surface area contributed by atoms with Crippen LogP contribution >= 0.6 is 0 Å². The SMILES string of the molecule is N/C(=N\N=C\c1cccc([N+](=O)[O-])c1)c1cnccn1. The molecule has 1 aromatic carbocycles. The van der Waals surface area contributed by atoms with E-state index in [2.05, 4.69) is 20.2 Å². The number of nitro groups is 1. The number of hydrogen-bond acceptors (Lipinski definition) is 6. The summed E-state index contributed by atoms with van der Waals surface area (Å²) in [5, 5.41) is 18.1. The molecule has 0 saturated carbocycles. The number of amidine groups is 1. The third kappa shape index (κ3) is 3.42. The molecule has 0 saturated heterocycles. The molecule has 2 rings (SSSR count). The van der Waals surface area contributed by atoms with E-state index in [1.165, 1.54) is 36.9 Å². The molecule has 0 unspecified atom stereocenters. The highest BCUT2D eigenvalue weighted by atomic mass is 16.6. The Hall–Kier alpha value is -3.16. The van der Waals surface area contributed by atoms with Crippen molar-refractivity contribution in [2.45, 2.75) is 0 Å². The second-order valence-corrected chi connectivity index (χ2v) is 3.67. The fourth-order valence-electron chi connectivity index (χ4n) is 1.36. The lowest BCUT2D eigenvalue weighted by Crippen LogP contribution is -2.14. The third-order valence-electron chi connectivity index (χ3n) is 2.28. The molecule has 0 fully saturated rings. The zero-order valence-electron chi connectivity index (χ0n) is 10.2. The lowest BCUT2D eigenvalue weighted by Gasteiger charge is -1.95.